The van der Waals surface area contributed by atoms with Gasteiger partial charge >= 0.3 is 6.01 Å². The molecule has 1 N–H and O–H groups in total. The van der Waals surface area contributed by atoms with E-state index in [1.165, 1.54) is 0 Å². The van der Waals surface area contributed by atoms with Gasteiger partial charge in [-0.3, -0.25) is 0 Å². The topological polar surface area (TPSA) is 47.0 Å². The maximum Gasteiger partial charge on any atom is 0.316 e. The van der Waals surface area contributed by atoms with Crippen LogP contribution < -0.4 is 10.1 Å². The second-order valence-electron chi connectivity index (χ2n) is 3.27. The lowest BCUT2D eigenvalue weighted by atomic mass is 10.1. The van der Waals surface area contributed by atoms with Crippen molar-refractivity contribution < 1.29 is 4.74 Å². The quantitative estimate of drug-likeness (QED) is 0.870. The van der Waals surface area contributed by atoms with Crippen molar-refractivity contribution in [2.75, 3.05) is 13.1 Å². The first-order valence-corrected chi connectivity index (χ1v) is 5.49. The lowest BCUT2D eigenvalue weighted by molar-refractivity contribution is 0.153. The summed E-state index contributed by atoms with van der Waals surface area (Å²) in [5, 5.41) is 3.28. The molecule has 1 aliphatic heterocycles. The van der Waals surface area contributed by atoms with E-state index < -0.39 is 0 Å². The molecule has 0 spiro atoms. The standard InChI is InChI=1S/C9H12BrN3O/c10-7-4-12-9(13-5-7)14-8-2-1-3-11-6-8/h4-5,8,11H,1-3,6H2. The van der Waals surface area contributed by atoms with Crippen LogP contribution in [0.3, 0.4) is 0 Å². The minimum absolute atomic E-state index is 0.213. The van der Waals surface area contributed by atoms with Gasteiger partial charge in [0.05, 0.1) is 4.47 Å². The largest absolute Gasteiger partial charge is 0.459 e. The van der Waals surface area contributed by atoms with E-state index in [1.807, 2.05) is 0 Å². The molecule has 0 saturated carbocycles. The van der Waals surface area contributed by atoms with Crippen molar-refractivity contribution in [3.05, 3.63) is 16.9 Å². The predicted octanol–water partition coefficient (Wildman–Crippen LogP) is 1.37. The van der Waals surface area contributed by atoms with E-state index in [0.717, 1.165) is 30.4 Å². The molecule has 1 aromatic rings. The predicted molar refractivity (Wildman–Crippen MR) is 56.3 cm³/mol. The number of nitrogens with one attached hydrogen (secondary N) is 1. The molecule has 1 fully saturated rings. The van der Waals surface area contributed by atoms with Gasteiger partial charge in [-0.15, -0.1) is 0 Å². The number of rotatable bonds is 2. The highest BCUT2D eigenvalue weighted by Gasteiger charge is 2.15. The number of hydrogen-bond acceptors (Lipinski definition) is 4. The molecule has 1 unspecified atom stereocenters. The molecule has 1 aliphatic rings. The second-order valence-corrected chi connectivity index (χ2v) is 4.19. The molecule has 4 nitrogen and oxygen atoms in total. The number of ether oxygens (including phenoxy) is 1. The van der Waals surface area contributed by atoms with E-state index in [0.29, 0.717) is 6.01 Å². The van der Waals surface area contributed by atoms with Crippen LogP contribution in [-0.2, 0) is 0 Å². The Bertz CT molecular complexity index is 285. The van der Waals surface area contributed by atoms with E-state index in [2.05, 4.69) is 31.2 Å². The molecule has 0 radical (unpaired) electrons. The van der Waals surface area contributed by atoms with Gasteiger partial charge in [0.1, 0.15) is 6.10 Å². The molecule has 0 bridgehead atoms. The molecule has 0 aromatic carbocycles. The lowest BCUT2D eigenvalue weighted by Crippen LogP contribution is -2.37. The minimum atomic E-state index is 0.213. The van der Waals surface area contributed by atoms with Gasteiger partial charge in [-0.05, 0) is 35.3 Å². The van der Waals surface area contributed by atoms with Crippen LogP contribution >= 0.6 is 15.9 Å². The normalized spacial score (nSPS) is 21.9. The first-order chi connectivity index (χ1) is 6.84. The monoisotopic (exact) mass is 257 g/mol. The van der Waals surface area contributed by atoms with Gasteiger partial charge in [-0.25, -0.2) is 9.97 Å². The summed E-state index contributed by atoms with van der Waals surface area (Å²) in [5.41, 5.74) is 0. The van der Waals surface area contributed by atoms with Gasteiger partial charge in [-0.2, -0.15) is 0 Å². The van der Waals surface area contributed by atoms with Crippen LogP contribution in [0.1, 0.15) is 12.8 Å². The zero-order valence-corrected chi connectivity index (χ0v) is 9.33. The van der Waals surface area contributed by atoms with Crippen LogP contribution in [0.5, 0.6) is 6.01 Å². The molecule has 1 atom stereocenters. The highest BCUT2D eigenvalue weighted by Crippen LogP contribution is 2.12. The Morgan fingerprint density at radius 2 is 2.21 bits per heavy atom. The van der Waals surface area contributed by atoms with Crippen molar-refractivity contribution in [2.24, 2.45) is 0 Å². The third-order valence-electron chi connectivity index (χ3n) is 2.12. The van der Waals surface area contributed by atoms with Crippen LogP contribution in [0.4, 0.5) is 0 Å². The third kappa shape index (κ3) is 2.65. The number of nitrogens with zero attached hydrogens (tertiary/aromatic N) is 2. The van der Waals surface area contributed by atoms with E-state index >= 15 is 0 Å². The molecule has 0 aliphatic carbocycles. The fourth-order valence-corrected chi connectivity index (χ4v) is 1.64. The number of piperidine rings is 1. The molecular formula is C9H12BrN3O. The minimum Gasteiger partial charge on any atom is -0.459 e. The summed E-state index contributed by atoms with van der Waals surface area (Å²) >= 11 is 3.28. The fourth-order valence-electron chi connectivity index (χ4n) is 1.43. The van der Waals surface area contributed by atoms with Gasteiger partial charge in [0, 0.05) is 18.9 Å². The van der Waals surface area contributed by atoms with Crippen LogP contribution in [0, 0.1) is 0 Å². The maximum atomic E-state index is 5.60. The van der Waals surface area contributed by atoms with Gasteiger partial charge < -0.3 is 10.1 Å². The molecule has 14 heavy (non-hydrogen) atoms. The molecule has 5 heteroatoms. The van der Waals surface area contributed by atoms with Crippen LogP contribution in [-0.4, -0.2) is 29.2 Å². The summed E-state index contributed by atoms with van der Waals surface area (Å²) in [7, 11) is 0. The number of hydrogen-bond donors (Lipinski definition) is 1. The first-order valence-electron chi connectivity index (χ1n) is 4.69. The summed E-state index contributed by atoms with van der Waals surface area (Å²) in [6.07, 6.45) is 5.83. The Hall–Kier alpha value is -0.680. The third-order valence-corrected chi connectivity index (χ3v) is 2.53. The Morgan fingerprint density at radius 1 is 1.43 bits per heavy atom. The van der Waals surface area contributed by atoms with Crippen molar-refractivity contribution in [1.82, 2.24) is 15.3 Å². The van der Waals surface area contributed by atoms with E-state index in [9.17, 15) is 0 Å². The summed E-state index contributed by atoms with van der Waals surface area (Å²) < 4.78 is 6.47. The molecule has 1 saturated heterocycles. The number of aromatic nitrogens is 2. The van der Waals surface area contributed by atoms with Crippen LogP contribution in [0.25, 0.3) is 0 Å². The fraction of sp³-hybridized carbons (Fsp3) is 0.556. The molecule has 76 valence electrons. The van der Waals surface area contributed by atoms with E-state index in [-0.39, 0.29) is 6.10 Å². The van der Waals surface area contributed by atoms with Gasteiger partial charge in [0.2, 0.25) is 0 Å². The van der Waals surface area contributed by atoms with Crippen molar-refractivity contribution in [3.63, 3.8) is 0 Å². The van der Waals surface area contributed by atoms with Gasteiger partial charge in [-0.1, -0.05) is 0 Å². The molecule has 2 rings (SSSR count). The van der Waals surface area contributed by atoms with E-state index in [1.54, 1.807) is 12.4 Å². The summed E-state index contributed by atoms with van der Waals surface area (Å²) in [6, 6.07) is 0.460. The average molecular weight is 258 g/mol. The smallest absolute Gasteiger partial charge is 0.316 e. The SMILES string of the molecule is Brc1cnc(OC2CCCNC2)nc1. The van der Waals surface area contributed by atoms with Crippen molar-refractivity contribution in [2.45, 2.75) is 18.9 Å². The summed E-state index contributed by atoms with van der Waals surface area (Å²) in [4.78, 5) is 8.13. The molecular weight excluding hydrogens is 246 g/mol. The lowest BCUT2D eigenvalue weighted by Gasteiger charge is -2.22. The van der Waals surface area contributed by atoms with Crippen LogP contribution in [0.2, 0.25) is 0 Å². The first kappa shape index (κ1) is 9.86. The average Bonchev–Trinajstić information content (AvgIpc) is 2.23. The maximum absolute atomic E-state index is 5.60. The Morgan fingerprint density at radius 3 is 2.86 bits per heavy atom. The molecule has 1 aromatic heterocycles. The van der Waals surface area contributed by atoms with Crippen molar-refractivity contribution >= 4 is 15.9 Å². The molecule has 0 amide bonds. The van der Waals surface area contributed by atoms with Crippen LogP contribution in [0.15, 0.2) is 16.9 Å². The van der Waals surface area contributed by atoms with Crippen molar-refractivity contribution in [3.8, 4) is 6.01 Å². The Balaban J connectivity index is 1.92. The zero-order valence-electron chi connectivity index (χ0n) is 7.74. The summed E-state index contributed by atoms with van der Waals surface area (Å²) in [6.45, 7) is 1.97. The van der Waals surface area contributed by atoms with E-state index in [4.69, 9.17) is 4.74 Å². The Kier molecular flexibility index (Phi) is 3.31. The highest BCUT2D eigenvalue weighted by molar-refractivity contribution is 9.10. The summed E-state index contributed by atoms with van der Waals surface area (Å²) in [5.74, 6) is 0. The highest BCUT2D eigenvalue weighted by atomic mass is 79.9. The molecule has 2 heterocycles. The Labute approximate surface area is 91.2 Å². The van der Waals surface area contributed by atoms with Gasteiger partial charge in [0.15, 0.2) is 0 Å². The zero-order chi connectivity index (χ0) is 9.80. The second kappa shape index (κ2) is 4.70. The van der Waals surface area contributed by atoms with Crippen molar-refractivity contribution in [1.29, 1.82) is 0 Å². The number of halogens is 1. The van der Waals surface area contributed by atoms with Gasteiger partial charge in [0.25, 0.3) is 0 Å².